The van der Waals surface area contributed by atoms with Gasteiger partial charge in [0.25, 0.3) is 5.91 Å². The Morgan fingerprint density at radius 2 is 1.97 bits per heavy atom. The summed E-state index contributed by atoms with van der Waals surface area (Å²) < 4.78 is 58.0. The van der Waals surface area contributed by atoms with E-state index in [1.807, 2.05) is 5.32 Å². The van der Waals surface area contributed by atoms with Gasteiger partial charge in [0.05, 0.1) is 29.7 Å². The number of halogens is 3. The molecule has 0 saturated heterocycles. The Balaban J connectivity index is 2.03. The topological polar surface area (TPSA) is 103 Å². The van der Waals surface area contributed by atoms with Crippen LogP contribution in [0.25, 0.3) is 10.2 Å². The number of thiazole rings is 1. The number of carbonyl (C=O) groups excluding carboxylic acids is 2. The van der Waals surface area contributed by atoms with E-state index < -0.39 is 29.5 Å². The van der Waals surface area contributed by atoms with Crippen molar-refractivity contribution in [3.63, 3.8) is 0 Å². The quantitative estimate of drug-likeness (QED) is 0.390. The zero-order valence-corrected chi connectivity index (χ0v) is 17.2. The molecule has 2 heterocycles. The van der Waals surface area contributed by atoms with Crippen LogP contribution in [0.5, 0.6) is 5.75 Å². The number of hydrogen-bond donors (Lipinski definition) is 2. The molecular weight excluding hydrogens is 439 g/mol. The van der Waals surface area contributed by atoms with E-state index in [9.17, 15) is 22.8 Å². The lowest BCUT2D eigenvalue weighted by molar-refractivity contribution is -0.204. The van der Waals surface area contributed by atoms with E-state index >= 15 is 0 Å². The van der Waals surface area contributed by atoms with Gasteiger partial charge in [-0.3, -0.25) is 4.79 Å². The molecule has 2 aromatic heterocycles. The maximum Gasteiger partial charge on any atom is 0.442 e. The van der Waals surface area contributed by atoms with Gasteiger partial charge in [-0.25, -0.2) is 9.78 Å². The number of nitrogens with one attached hydrogen (secondary N) is 2. The van der Waals surface area contributed by atoms with Crippen molar-refractivity contribution in [1.82, 2.24) is 10.3 Å². The zero-order valence-electron chi connectivity index (χ0n) is 16.4. The van der Waals surface area contributed by atoms with Crippen LogP contribution in [-0.2, 0) is 9.53 Å². The number of aromatic nitrogens is 1. The number of furan rings is 1. The van der Waals surface area contributed by atoms with E-state index in [0.717, 1.165) is 23.7 Å². The molecule has 0 spiro atoms. The van der Waals surface area contributed by atoms with Gasteiger partial charge in [0.1, 0.15) is 5.75 Å². The normalized spacial score (nSPS) is 13.5. The first-order chi connectivity index (χ1) is 14.7. The third kappa shape index (κ3) is 4.58. The van der Waals surface area contributed by atoms with Gasteiger partial charge in [0.15, 0.2) is 10.9 Å². The Bertz CT molecular complexity index is 1070. The van der Waals surface area contributed by atoms with E-state index in [2.05, 4.69) is 9.72 Å². The van der Waals surface area contributed by atoms with Gasteiger partial charge in [0, 0.05) is 0 Å². The maximum atomic E-state index is 14.2. The lowest BCUT2D eigenvalue weighted by atomic mass is 10.1. The van der Waals surface area contributed by atoms with Gasteiger partial charge in [0.2, 0.25) is 0 Å². The summed E-state index contributed by atoms with van der Waals surface area (Å²) in [4.78, 5) is 28.9. The van der Waals surface area contributed by atoms with Crippen LogP contribution < -0.4 is 15.4 Å². The van der Waals surface area contributed by atoms with Crippen LogP contribution in [0.3, 0.4) is 0 Å². The predicted octanol–water partition coefficient (Wildman–Crippen LogP) is 3.95. The van der Waals surface area contributed by atoms with Gasteiger partial charge >= 0.3 is 17.8 Å². The standard InChI is InChI=1S/C19H18F3N3O5S/c1-3-28-11-7-8-12-14(10-11)31-17(23-12)25-18(19(20,21)22,16(27)29-4-2)24-15(26)13-6-5-9-30-13/h5-10H,3-4H2,1-2H3,(H,23,25)(H,24,26)/t18-/m1/s1. The molecule has 0 aliphatic carbocycles. The van der Waals surface area contributed by atoms with Gasteiger partial charge < -0.3 is 24.5 Å². The lowest BCUT2D eigenvalue weighted by Crippen LogP contribution is -2.69. The summed E-state index contributed by atoms with van der Waals surface area (Å²) in [6, 6.07) is 7.29. The molecule has 1 aromatic carbocycles. The molecule has 166 valence electrons. The number of hydrogen-bond acceptors (Lipinski definition) is 8. The first-order valence-electron chi connectivity index (χ1n) is 9.11. The van der Waals surface area contributed by atoms with Gasteiger partial charge in [-0.1, -0.05) is 11.3 Å². The van der Waals surface area contributed by atoms with E-state index in [1.165, 1.54) is 13.0 Å². The Morgan fingerprint density at radius 1 is 1.19 bits per heavy atom. The summed E-state index contributed by atoms with van der Waals surface area (Å²) in [6.07, 6.45) is -4.17. The molecule has 12 heteroatoms. The van der Waals surface area contributed by atoms with Gasteiger partial charge in [-0.15, -0.1) is 0 Å². The molecule has 0 radical (unpaired) electrons. The lowest BCUT2D eigenvalue weighted by Gasteiger charge is -2.34. The minimum absolute atomic E-state index is 0.256. The van der Waals surface area contributed by atoms with Crippen LogP contribution in [0, 0.1) is 0 Å². The molecule has 3 rings (SSSR count). The molecule has 31 heavy (non-hydrogen) atoms. The van der Waals surface area contributed by atoms with Crippen molar-refractivity contribution in [1.29, 1.82) is 0 Å². The highest BCUT2D eigenvalue weighted by Gasteiger charge is 2.64. The Kier molecular flexibility index (Phi) is 6.39. The van der Waals surface area contributed by atoms with Crippen molar-refractivity contribution in [3.8, 4) is 5.75 Å². The van der Waals surface area contributed by atoms with Crippen LogP contribution in [-0.4, -0.2) is 41.9 Å². The van der Waals surface area contributed by atoms with Crippen molar-refractivity contribution in [2.75, 3.05) is 18.5 Å². The molecule has 2 N–H and O–H groups in total. The number of nitrogens with zero attached hydrogens (tertiary/aromatic N) is 1. The Morgan fingerprint density at radius 3 is 2.58 bits per heavy atom. The summed E-state index contributed by atoms with van der Waals surface area (Å²) in [6.45, 7) is 3.21. The third-order valence-electron chi connectivity index (χ3n) is 4.02. The van der Waals surface area contributed by atoms with E-state index in [1.54, 1.807) is 30.4 Å². The molecule has 1 amide bonds. The number of esters is 1. The average molecular weight is 457 g/mol. The summed E-state index contributed by atoms with van der Waals surface area (Å²) in [5, 5.41) is 3.47. The highest BCUT2D eigenvalue weighted by atomic mass is 32.1. The van der Waals surface area contributed by atoms with Crippen LogP contribution >= 0.6 is 11.3 Å². The molecule has 3 aromatic rings. The molecule has 0 aliphatic heterocycles. The van der Waals surface area contributed by atoms with Crippen molar-refractivity contribution in [2.45, 2.75) is 25.7 Å². The molecule has 0 aliphatic rings. The zero-order chi connectivity index (χ0) is 22.6. The SMILES string of the molecule is CCOC(=O)[C@@](NC(=O)c1ccco1)(Nc1nc2ccc(OCC)cc2s1)C(F)(F)F. The second-order valence-electron chi connectivity index (χ2n) is 6.11. The van der Waals surface area contributed by atoms with Gasteiger partial charge in [-0.05, 0) is 44.2 Å². The number of amides is 1. The van der Waals surface area contributed by atoms with Crippen molar-refractivity contribution in [2.24, 2.45) is 0 Å². The van der Waals surface area contributed by atoms with Crippen LogP contribution in [0.4, 0.5) is 18.3 Å². The van der Waals surface area contributed by atoms with Crippen molar-refractivity contribution < 1.29 is 36.7 Å². The van der Waals surface area contributed by atoms with Crippen LogP contribution in [0.2, 0.25) is 0 Å². The van der Waals surface area contributed by atoms with Crippen LogP contribution in [0.1, 0.15) is 24.4 Å². The number of anilines is 1. The molecule has 0 bridgehead atoms. The smallest absolute Gasteiger partial charge is 0.442 e. The molecule has 8 nitrogen and oxygen atoms in total. The summed E-state index contributed by atoms with van der Waals surface area (Å²) in [5.41, 5.74) is -3.21. The average Bonchev–Trinajstić information content (AvgIpc) is 3.36. The number of rotatable bonds is 8. The predicted molar refractivity (Wildman–Crippen MR) is 106 cm³/mol. The molecule has 1 atom stereocenters. The number of fused-ring (bicyclic) bond motifs is 1. The monoisotopic (exact) mass is 457 g/mol. The highest BCUT2D eigenvalue weighted by Crippen LogP contribution is 2.36. The van der Waals surface area contributed by atoms with E-state index in [-0.39, 0.29) is 11.7 Å². The fourth-order valence-corrected chi connectivity index (χ4v) is 3.59. The van der Waals surface area contributed by atoms with E-state index in [4.69, 9.17) is 9.15 Å². The van der Waals surface area contributed by atoms with Gasteiger partial charge in [-0.2, -0.15) is 13.2 Å². The first kappa shape index (κ1) is 22.4. The Labute approximate surface area is 178 Å². The van der Waals surface area contributed by atoms with Crippen molar-refractivity contribution >= 4 is 38.6 Å². The number of ether oxygens (including phenoxy) is 2. The van der Waals surface area contributed by atoms with E-state index in [0.29, 0.717) is 22.6 Å². The second-order valence-corrected chi connectivity index (χ2v) is 7.14. The number of alkyl halides is 3. The summed E-state index contributed by atoms with van der Waals surface area (Å²) >= 11 is 0.856. The second kappa shape index (κ2) is 8.84. The fourth-order valence-electron chi connectivity index (χ4n) is 2.65. The summed E-state index contributed by atoms with van der Waals surface area (Å²) in [5.74, 6) is -2.89. The Hall–Kier alpha value is -3.28. The molecule has 0 fully saturated rings. The highest BCUT2D eigenvalue weighted by molar-refractivity contribution is 7.22. The largest absolute Gasteiger partial charge is 0.494 e. The van der Waals surface area contributed by atoms with Crippen molar-refractivity contribution in [3.05, 3.63) is 42.4 Å². The first-order valence-corrected chi connectivity index (χ1v) is 9.93. The van der Waals surface area contributed by atoms with Crippen LogP contribution in [0.15, 0.2) is 41.0 Å². The minimum Gasteiger partial charge on any atom is -0.494 e. The number of benzene rings is 1. The number of carbonyl (C=O) groups is 2. The fraction of sp³-hybridized carbons (Fsp3) is 0.316. The molecular formula is C19H18F3N3O5S. The molecule has 0 saturated carbocycles. The summed E-state index contributed by atoms with van der Waals surface area (Å²) in [7, 11) is 0. The molecule has 0 unspecified atom stereocenters. The maximum absolute atomic E-state index is 14.2. The third-order valence-corrected chi connectivity index (χ3v) is 4.95. The minimum atomic E-state index is -5.28.